The first-order chi connectivity index (χ1) is 31.8. The van der Waals surface area contributed by atoms with Gasteiger partial charge in [-0.25, -0.2) is 10.9 Å². The zero-order valence-corrected chi connectivity index (χ0v) is 36.8. The predicted molar refractivity (Wildman–Crippen MR) is 248 cm³/mol. The molecule has 0 atom stereocenters. The van der Waals surface area contributed by atoms with Crippen molar-refractivity contribution in [3.05, 3.63) is 107 Å². The molecule has 8 bridgehead atoms. The van der Waals surface area contributed by atoms with Crippen molar-refractivity contribution < 1.29 is 39.0 Å². The highest BCUT2D eigenvalue weighted by atomic mass is 16.3. The van der Waals surface area contributed by atoms with Gasteiger partial charge >= 0.3 is 0 Å². The number of ketones is 2. The Kier molecular flexibility index (Phi) is 12.6. The SMILES string of the molecule is O=C(/C=C/c1ccc(/C=C/C(=O)C/C(=N/NC(=O)c2ccccc2O)C(=O)NC23CC4CC(CC(C4)C2)C3)cc1)C/C(=N/NC(=O)c1ccccc1O)C(=O)NC12CC3CC(CC(C3)C1)C2. The minimum absolute atomic E-state index is 0.0172. The van der Waals surface area contributed by atoms with Crippen molar-refractivity contribution in [2.75, 3.05) is 0 Å². The topological polar surface area (TPSA) is 216 Å². The van der Waals surface area contributed by atoms with Crippen LogP contribution in [0, 0.1) is 35.5 Å². The highest BCUT2D eigenvalue weighted by Crippen LogP contribution is 2.56. The molecule has 6 N–H and O–H groups in total. The van der Waals surface area contributed by atoms with Crippen LogP contribution in [-0.4, -0.2) is 67.9 Å². The first kappa shape index (κ1) is 44.5. The van der Waals surface area contributed by atoms with Crippen LogP contribution in [0.5, 0.6) is 11.5 Å². The number of nitrogens with zero attached hydrogens (tertiary/aromatic N) is 2. The first-order valence-corrected chi connectivity index (χ1v) is 23.2. The van der Waals surface area contributed by atoms with Crippen LogP contribution < -0.4 is 21.5 Å². The lowest BCUT2D eigenvalue weighted by atomic mass is 9.53. The van der Waals surface area contributed by atoms with E-state index in [1.165, 1.54) is 74.9 Å². The van der Waals surface area contributed by atoms with Gasteiger partial charge in [-0.15, -0.1) is 0 Å². The molecule has 3 aromatic rings. The molecule has 0 aromatic heterocycles. The maximum atomic E-state index is 13.8. The molecule has 342 valence electrons. The predicted octanol–water partition coefficient (Wildman–Crippen LogP) is 6.78. The molecule has 8 saturated carbocycles. The van der Waals surface area contributed by atoms with Crippen LogP contribution in [0.4, 0.5) is 0 Å². The number of hydrogen-bond acceptors (Lipinski definition) is 10. The number of para-hydroxylation sites is 2. The molecule has 14 nitrogen and oxygen atoms in total. The largest absolute Gasteiger partial charge is 0.507 e. The van der Waals surface area contributed by atoms with Crippen molar-refractivity contribution in [2.45, 2.75) is 101 Å². The molecule has 11 rings (SSSR count). The van der Waals surface area contributed by atoms with Crippen molar-refractivity contribution in [1.82, 2.24) is 21.5 Å². The summed E-state index contributed by atoms with van der Waals surface area (Å²) >= 11 is 0. The molecule has 66 heavy (non-hydrogen) atoms. The van der Waals surface area contributed by atoms with Gasteiger partial charge in [-0.1, -0.05) is 60.7 Å². The van der Waals surface area contributed by atoms with Gasteiger partial charge < -0.3 is 20.8 Å². The van der Waals surface area contributed by atoms with Crippen LogP contribution >= 0.6 is 0 Å². The van der Waals surface area contributed by atoms with Gasteiger partial charge in [-0.05, 0) is 160 Å². The second kappa shape index (κ2) is 18.7. The molecule has 0 spiro atoms. The molecule has 8 aliphatic rings. The van der Waals surface area contributed by atoms with Gasteiger partial charge in [0.2, 0.25) is 0 Å². The Morgan fingerprint density at radius 1 is 0.500 bits per heavy atom. The normalized spacial score (nSPS) is 28.4. The molecule has 0 radical (unpaired) electrons. The average molecular weight is 893 g/mol. The smallest absolute Gasteiger partial charge is 0.275 e. The van der Waals surface area contributed by atoms with Crippen LogP contribution in [0.3, 0.4) is 0 Å². The number of benzene rings is 3. The van der Waals surface area contributed by atoms with Crippen molar-refractivity contribution >= 4 is 58.8 Å². The Morgan fingerprint density at radius 3 is 1.14 bits per heavy atom. The summed E-state index contributed by atoms with van der Waals surface area (Å²) in [5, 5.41) is 35.1. The van der Waals surface area contributed by atoms with Crippen LogP contribution in [0.15, 0.2) is 95.2 Å². The van der Waals surface area contributed by atoms with Crippen LogP contribution in [0.1, 0.15) is 122 Å². The summed E-state index contributed by atoms with van der Waals surface area (Å²) in [4.78, 5) is 80.3. The fourth-order valence-corrected chi connectivity index (χ4v) is 12.7. The molecule has 0 saturated heterocycles. The maximum absolute atomic E-state index is 13.8. The second-order valence-corrected chi connectivity index (χ2v) is 20.0. The number of hydrazone groups is 2. The van der Waals surface area contributed by atoms with Gasteiger partial charge in [-0.3, -0.25) is 28.8 Å². The zero-order chi connectivity index (χ0) is 46.0. The Labute approximate surface area is 383 Å². The number of carbonyl (C=O) groups excluding carboxylic acids is 6. The van der Waals surface area contributed by atoms with Gasteiger partial charge in [0.05, 0.1) is 24.0 Å². The third-order valence-electron chi connectivity index (χ3n) is 14.8. The summed E-state index contributed by atoms with van der Waals surface area (Å²) < 4.78 is 0. The molecule has 0 heterocycles. The van der Waals surface area contributed by atoms with Crippen molar-refractivity contribution in [1.29, 1.82) is 0 Å². The third-order valence-corrected chi connectivity index (χ3v) is 14.8. The highest BCUT2D eigenvalue weighted by molar-refractivity contribution is 6.43. The van der Waals surface area contributed by atoms with Gasteiger partial charge in [-0.2, -0.15) is 10.2 Å². The molecular weight excluding hydrogens is 837 g/mol. The third kappa shape index (κ3) is 10.2. The lowest BCUT2D eigenvalue weighted by Crippen LogP contribution is -2.61. The molecule has 4 amide bonds. The van der Waals surface area contributed by atoms with Crippen LogP contribution in [0.2, 0.25) is 0 Å². The van der Waals surface area contributed by atoms with Crippen molar-refractivity contribution in [3.8, 4) is 11.5 Å². The summed E-state index contributed by atoms with van der Waals surface area (Å²) in [7, 11) is 0. The number of rotatable bonds is 16. The zero-order valence-electron chi connectivity index (χ0n) is 36.8. The summed E-state index contributed by atoms with van der Waals surface area (Å²) in [6.45, 7) is 0. The lowest BCUT2D eigenvalue weighted by molar-refractivity contribution is -0.122. The molecule has 8 aliphatic carbocycles. The van der Waals surface area contributed by atoms with Crippen LogP contribution in [0.25, 0.3) is 12.2 Å². The second-order valence-electron chi connectivity index (χ2n) is 20.0. The molecule has 0 unspecified atom stereocenters. The number of hydrogen-bond donors (Lipinski definition) is 6. The van der Waals surface area contributed by atoms with Gasteiger partial charge in [0.25, 0.3) is 23.6 Å². The number of allylic oxidation sites excluding steroid dienone is 2. The fraction of sp³-hybridized carbons (Fsp3) is 0.423. The average Bonchev–Trinajstić information content (AvgIpc) is 3.27. The molecule has 0 aliphatic heterocycles. The Hall–Kier alpha value is -6.70. The number of aromatic hydroxyl groups is 2. The van der Waals surface area contributed by atoms with E-state index in [9.17, 15) is 39.0 Å². The van der Waals surface area contributed by atoms with E-state index in [0.717, 1.165) is 38.5 Å². The molecule has 3 aromatic carbocycles. The Bertz CT molecular complexity index is 2310. The molecule has 14 heteroatoms. The van der Waals surface area contributed by atoms with E-state index in [1.807, 2.05) is 0 Å². The van der Waals surface area contributed by atoms with Crippen molar-refractivity contribution in [3.63, 3.8) is 0 Å². The lowest BCUT2D eigenvalue weighted by Gasteiger charge is -2.56. The summed E-state index contributed by atoms with van der Waals surface area (Å²) in [6.07, 6.45) is 17.7. The first-order valence-electron chi connectivity index (χ1n) is 23.2. The standard InChI is InChI=1S/C52H56N6O8/c59-39(23-43(55-57-47(63)41-5-1-3-7-45(41)61)49(65)53-51-25-33-17-34(26-51)19-35(18-33)27-51)15-13-31-9-11-32(12-10-31)14-16-40(60)24-44(56-58-48(64)42-6-2-4-8-46(42)62)50(66)54-52-28-36-20-37(29-52)22-38(21-36)30-52/h1-16,33-38,61-62H,17-30H2,(H,53,65)(H,54,66)(H,57,63)(H,58,64)/b15-13+,16-14+,55-43-,56-44-. The summed E-state index contributed by atoms with van der Waals surface area (Å²) in [5.41, 5.74) is 5.08. The Morgan fingerprint density at radius 2 is 0.818 bits per heavy atom. The molecule has 8 fully saturated rings. The quantitative estimate of drug-likeness (QED) is 0.0511. The van der Waals surface area contributed by atoms with Gasteiger partial charge in [0.1, 0.15) is 22.9 Å². The number of nitrogens with one attached hydrogen (secondary N) is 4. The summed E-state index contributed by atoms with van der Waals surface area (Å²) in [5.74, 6) is -0.296. The van der Waals surface area contributed by atoms with Crippen molar-refractivity contribution in [2.24, 2.45) is 45.7 Å². The van der Waals surface area contributed by atoms with Crippen LogP contribution in [-0.2, 0) is 19.2 Å². The van der Waals surface area contributed by atoms with E-state index in [2.05, 4.69) is 31.7 Å². The van der Waals surface area contributed by atoms with Gasteiger partial charge in [0, 0.05) is 11.1 Å². The highest BCUT2D eigenvalue weighted by Gasteiger charge is 2.53. The number of amides is 4. The summed E-state index contributed by atoms with van der Waals surface area (Å²) in [6, 6.07) is 19.0. The monoisotopic (exact) mass is 892 g/mol. The van der Waals surface area contributed by atoms with E-state index in [0.29, 0.717) is 46.6 Å². The van der Waals surface area contributed by atoms with E-state index in [4.69, 9.17) is 0 Å². The minimum Gasteiger partial charge on any atom is -0.507 e. The van der Waals surface area contributed by atoms with E-state index < -0.39 is 35.2 Å². The molecular formula is C52H56N6O8. The number of carbonyl (C=O) groups is 6. The minimum atomic E-state index is -0.715. The van der Waals surface area contributed by atoms with E-state index in [-0.39, 0.29) is 58.0 Å². The maximum Gasteiger partial charge on any atom is 0.275 e. The van der Waals surface area contributed by atoms with Gasteiger partial charge in [0.15, 0.2) is 11.6 Å². The van der Waals surface area contributed by atoms with E-state index in [1.54, 1.807) is 60.7 Å². The Balaban J connectivity index is 0.838. The van der Waals surface area contributed by atoms with E-state index >= 15 is 0 Å². The number of phenolic OH excluding ortho intramolecular Hbond substituents is 2. The fourth-order valence-electron chi connectivity index (χ4n) is 12.7. The number of phenols is 2.